The molecule has 0 N–H and O–H groups in total. The van der Waals surface area contributed by atoms with E-state index in [-0.39, 0.29) is 25.2 Å². The van der Waals surface area contributed by atoms with Gasteiger partial charge in [-0.05, 0) is 39.8 Å². The largest absolute Gasteiger partial charge is 0.514 e. The first-order valence-corrected chi connectivity index (χ1v) is 9.33. The van der Waals surface area contributed by atoms with Crippen molar-refractivity contribution in [2.45, 2.75) is 65.6 Å². The SMILES string of the molecule is CC(=O)OCC/C=C1/OC(=O)OC1(C)C.CC(=O)OCC/C=C1/OC(=O)OC1(C)C. The fourth-order valence-electron chi connectivity index (χ4n) is 2.34. The molecule has 0 amide bonds. The number of rotatable bonds is 6. The topological polar surface area (TPSA) is 124 Å². The Labute approximate surface area is 175 Å². The Morgan fingerprint density at radius 1 is 0.767 bits per heavy atom. The van der Waals surface area contributed by atoms with Crippen LogP contribution in [0, 0.1) is 0 Å². The van der Waals surface area contributed by atoms with Crippen molar-refractivity contribution < 1.29 is 47.6 Å². The first kappa shape index (κ1) is 25.0. The fourth-order valence-corrected chi connectivity index (χ4v) is 2.34. The molecule has 0 aromatic carbocycles. The van der Waals surface area contributed by atoms with E-state index in [4.69, 9.17) is 28.4 Å². The predicted molar refractivity (Wildman–Crippen MR) is 102 cm³/mol. The molecule has 30 heavy (non-hydrogen) atoms. The summed E-state index contributed by atoms with van der Waals surface area (Å²) < 4.78 is 29.0. The third-order valence-corrected chi connectivity index (χ3v) is 3.76. The number of ether oxygens (including phenoxy) is 6. The Balaban J connectivity index is 0.000000300. The van der Waals surface area contributed by atoms with Crippen molar-refractivity contribution in [1.82, 2.24) is 0 Å². The molecular formula is C20H28O10. The van der Waals surface area contributed by atoms with Crippen LogP contribution in [0.25, 0.3) is 0 Å². The van der Waals surface area contributed by atoms with Crippen molar-refractivity contribution in [3.8, 4) is 0 Å². The Kier molecular flexibility index (Phi) is 8.88. The van der Waals surface area contributed by atoms with Crippen molar-refractivity contribution in [3.05, 3.63) is 23.7 Å². The van der Waals surface area contributed by atoms with Gasteiger partial charge in [0.2, 0.25) is 0 Å². The lowest BCUT2D eigenvalue weighted by Crippen LogP contribution is -2.20. The molecule has 0 aromatic heterocycles. The number of hydrogen-bond acceptors (Lipinski definition) is 10. The van der Waals surface area contributed by atoms with Crippen LogP contribution >= 0.6 is 0 Å². The van der Waals surface area contributed by atoms with Gasteiger partial charge in [-0.3, -0.25) is 9.59 Å². The van der Waals surface area contributed by atoms with Crippen LogP contribution in [0.2, 0.25) is 0 Å². The Morgan fingerprint density at radius 2 is 1.10 bits per heavy atom. The number of carbonyl (C=O) groups excluding carboxylic acids is 4. The van der Waals surface area contributed by atoms with Crippen LogP contribution < -0.4 is 0 Å². The summed E-state index contributed by atoms with van der Waals surface area (Å²) in [6.07, 6.45) is 2.98. The highest BCUT2D eigenvalue weighted by molar-refractivity contribution is 5.67. The first-order valence-electron chi connectivity index (χ1n) is 9.33. The lowest BCUT2D eigenvalue weighted by molar-refractivity contribution is -0.141. The van der Waals surface area contributed by atoms with Crippen molar-refractivity contribution in [2.24, 2.45) is 0 Å². The van der Waals surface area contributed by atoms with Gasteiger partial charge in [0.1, 0.15) is 0 Å². The zero-order valence-electron chi connectivity index (χ0n) is 18.1. The van der Waals surface area contributed by atoms with Crippen LogP contribution in [0.5, 0.6) is 0 Å². The standard InChI is InChI=1S/2C10H14O5/c2*1-7(11)13-6-4-5-8-10(2,3)15-9(12)14-8/h2*5H,4,6H2,1-3H3/b2*8-5+. The molecule has 2 rings (SSSR count). The molecule has 0 unspecified atom stereocenters. The van der Waals surface area contributed by atoms with Crippen LogP contribution in [0.3, 0.4) is 0 Å². The van der Waals surface area contributed by atoms with Gasteiger partial charge in [-0.1, -0.05) is 0 Å². The smallest absolute Gasteiger partial charge is 0.466 e. The van der Waals surface area contributed by atoms with Gasteiger partial charge in [-0.15, -0.1) is 0 Å². The summed E-state index contributed by atoms with van der Waals surface area (Å²) in [7, 11) is 0. The van der Waals surface area contributed by atoms with Crippen LogP contribution in [-0.2, 0) is 38.0 Å². The van der Waals surface area contributed by atoms with Gasteiger partial charge in [0.15, 0.2) is 22.7 Å². The zero-order chi connectivity index (χ0) is 22.9. The van der Waals surface area contributed by atoms with E-state index in [2.05, 4.69) is 0 Å². The maximum atomic E-state index is 10.8. The van der Waals surface area contributed by atoms with Crippen molar-refractivity contribution >= 4 is 24.2 Å². The molecule has 0 bridgehead atoms. The minimum Gasteiger partial charge on any atom is -0.466 e. The van der Waals surface area contributed by atoms with E-state index in [1.807, 2.05) is 0 Å². The zero-order valence-corrected chi connectivity index (χ0v) is 18.1. The second-order valence-electron chi connectivity index (χ2n) is 7.32. The van der Waals surface area contributed by atoms with Gasteiger partial charge >= 0.3 is 24.2 Å². The molecule has 0 atom stereocenters. The Bertz CT molecular complexity index is 668. The molecular weight excluding hydrogens is 400 g/mol. The fraction of sp³-hybridized carbons (Fsp3) is 0.600. The summed E-state index contributed by atoms with van der Waals surface area (Å²) in [5.74, 6) is 0.263. The lowest BCUT2D eigenvalue weighted by Gasteiger charge is -2.13. The predicted octanol–water partition coefficient (Wildman–Crippen LogP) is 3.54. The third-order valence-electron chi connectivity index (χ3n) is 3.76. The van der Waals surface area contributed by atoms with E-state index in [1.54, 1.807) is 39.8 Å². The van der Waals surface area contributed by atoms with E-state index in [9.17, 15) is 19.2 Å². The molecule has 0 aromatic rings. The number of esters is 2. The first-order chi connectivity index (χ1) is 13.8. The summed E-state index contributed by atoms with van der Waals surface area (Å²) in [5, 5.41) is 0. The van der Waals surface area contributed by atoms with Crippen LogP contribution in [0.4, 0.5) is 9.59 Å². The highest BCUT2D eigenvalue weighted by Gasteiger charge is 2.39. The van der Waals surface area contributed by atoms with Gasteiger partial charge in [0, 0.05) is 26.7 Å². The molecule has 0 aliphatic carbocycles. The minimum absolute atomic E-state index is 0.270. The molecule has 2 aliphatic heterocycles. The maximum absolute atomic E-state index is 10.8. The average Bonchev–Trinajstić information content (AvgIpc) is 3.00. The molecule has 2 fully saturated rings. The summed E-state index contributed by atoms with van der Waals surface area (Å²) in [6, 6.07) is 0. The maximum Gasteiger partial charge on any atom is 0.514 e. The number of hydrogen-bond donors (Lipinski definition) is 0. The lowest BCUT2D eigenvalue weighted by atomic mass is 10.1. The molecule has 0 spiro atoms. The third kappa shape index (κ3) is 8.54. The minimum atomic E-state index is -0.729. The monoisotopic (exact) mass is 428 g/mol. The van der Waals surface area contributed by atoms with Gasteiger partial charge in [-0.2, -0.15) is 0 Å². The highest BCUT2D eigenvalue weighted by atomic mass is 16.8. The van der Waals surface area contributed by atoms with Crippen LogP contribution in [0.15, 0.2) is 23.7 Å². The summed E-state index contributed by atoms with van der Waals surface area (Å²) in [4.78, 5) is 42.6. The molecule has 2 saturated heterocycles. The Morgan fingerprint density at radius 3 is 1.33 bits per heavy atom. The quantitative estimate of drug-likeness (QED) is 0.352. The molecule has 10 nitrogen and oxygen atoms in total. The summed E-state index contributed by atoms with van der Waals surface area (Å²) in [5.41, 5.74) is -1.46. The van der Waals surface area contributed by atoms with Gasteiger partial charge < -0.3 is 28.4 Å². The Hall–Kier alpha value is -3.04. The van der Waals surface area contributed by atoms with E-state index in [0.717, 1.165) is 0 Å². The van der Waals surface area contributed by atoms with E-state index >= 15 is 0 Å². The highest BCUT2D eigenvalue weighted by Crippen LogP contribution is 2.30. The normalized spacial score (nSPS) is 21.0. The number of cyclic esters (lactones) is 4. The van der Waals surface area contributed by atoms with Gasteiger partial charge in [0.05, 0.1) is 13.2 Å². The molecule has 2 aliphatic rings. The number of carbonyl (C=O) groups is 4. The van der Waals surface area contributed by atoms with Gasteiger partial charge in [0.25, 0.3) is 0 Å². The van der Waals surface area contributed by atoms with Crippen molar-refractivity contribution in [3.63, 3.8) is 0 Å². The summed E-state index contributed by atoms with van der Waals surface area (Å²) in [6.45, 7) is 10.2. The van der Waals surface area contributed by atoms with Crippen LogP contribution in [0.1, 0.15) is 54.4 Å². The van der Waals surface area contributed by atoms with E-state index < -0.39 is 23.5 Å². The molecule has 0 saturated carbocycles. The summed E-state index contributed by atoms with van der Waals surface area (Å²) >= 11 is 0. The van der Waals surface area contributed by atoms with Gasteiger partial charge in [-0.25, -0.2) is 9.59 Å². The van der Waals surface area contributed by atoms with Crippen LogP contribution in [-0.4, -0.2) is 48.7 Å². The molecule has 10 heteroatoms. The molecule has 168 valence electrons. The van der Waals surface area contributed by atoms with E-state index in [0.29, 0.717) is 24.4 Å². The molecule has 2 heterocycles. The average molecular weight is 428 g/mol. The molecule has 0 radical (unpaired) electrons. The van der Waals surface area contributed by atoms with Crippen molar-refractivity contribution in [2.75, 3.05) is 13.2 Å². The van der Waals surface area contributed by atoms with Crippen molar-refractivity contribution in [1.29, 1.82) is 0 Å². The van der Waals surface area contributed by atoms with E-state index in [1.165, 1.54) is 13.8 Å². The second kappa shape index (κ2) is 10.7. The second-order valence-corrected chi connectivity index (χ2v) is 7.32.